The van der Waals surface area contributed by atoms with E-state index in [1.165, 1.54) is 16.0 Å². The number of carbonyl (C=O) groups excluding carboxylic acids is 1. The van der Waals surface area contributed by atoms with Crippen LogP contribution in [0.2, 0.25) is 0 Å². The summed E-state index contributed by atoms with van der Waals surface area (Å²) in [6, 6.07) is 8.29. The van der Waals surface area contributed by atoms with Crippen LogP contribution in [0, 0.1) is 18.3 Å². The van der Waals surface area contributed by atoms with Crippen molar-refractivity contribution >= 4 is 23.2 Å². The van der Waals surface area contributed by atoms with E-state index in [2.05, 4.69) is 28.9 Å². The Hall–Kier alpha value is -2.25. The van der Waals surface area contributed by atoms with Gasteiger partial charge in [-0.2, -0.15) is 0 Å². The number of rotatable bonds is 6. The maximum absolute atomic E-state index is 11.9. The Morgan fingerprint density at radius 2 is 2.07 bits per heavy atom. The number of aryl methyl sites for hydroxylation is 1. The van der Waals surface area contributed by atoms with Gasteiger partial charge in [0, 0.05) is 68.1 Å². The first-order valence-electron chi connectivity index (χ1n) is 10.1. The average molecular weight is 414 g/mol. The lowest BCUT2D eigenvalue weighted by molar-refractivity contribution is -0.137. The molecule has 0 unspecified atom stereocenters. The first-order valence-corrected chi connectivity index (χ1v) is 10.9. The highest BCUT2D eigenvalue weighted by Crippen LogP contribution is 2.46. The van der Waals surface area contributed by atoms with Gasteiger partial charge in [0.15, 0.2) is 0 Å². The molecule has 154 valence electrons. The number of hydrogen-bond acceptors (Lipinski definition) is 5. The highest BCUT2D eigenvalue weighted by atomic mass is 32.1. The SMILES string of the molecule is CC(=O)N1C[C@@H]2CN(Cc3cnc(-c4ccccc4C)s3)C[C@]2(CCC(=O)O)C1. The summed E-state index contributed by atoms with van der Waals surface area (Å²) in [6.45, 7) is 7.69. The highest BCUT2D eigenvalue weighted by Gasteiger charge is 2.52. The summed E-state index contributed by atoms with van der Waals surface area (Å²) in [5, 5.41) is 10.2. The van der Waals surface area contributed by atoms with Crippen LogP contribution in [0.15, 0.2) is 30.5 Å². The molecular weight excluding hydrogens is 386 g/mol. The van der Waals surface area contributed by atoms with Gasteiger partial charge in [-0.25, -0.2) is 4.98 Å². The normalized spacial score (nSPS) is 24.1. The Balaban J connectivity index is 1.47. The van der Waals surface area contributed by atoms with Crippen molar-refractivity contribution in [2.75, 3.05) is 26.2 Å². The number of carboxylic acids is 1. The van der Waals surface area contributed by atoms with Crippen molar-refractivity contribution in [1.29, 1.82) is 0 Å². The third kappa shape index (κ3) is 4.07. The maximum atomic E-state index is 11.9. The summed E-state index contributed by atoms with van der Waals surface area (Å²) < 4.78 is 0. The van der Waals surface area contributed by atoms with Gasteiger partial charge in [-0.1, -0.05) is 24.3 Å². The van der Waals surface area contributed by atoms with Gasteiger partial charge in [0.25, 0.3) is 0 Å². The second kappa shape index (κ2) is 7.88. The van der Waals surface area contributed by atoms with Gasteiger partial charge in [-0.3, -0.25) is 14.5 Å². The van der Waals surface area contributed by atoms with E-state index in [9.17, 15) is 14.7 Å². The number of hydrogen-bond donors (Lipinski definition) is 1. The predicted octanol–water partition coefficient (Wildman–Crippen LogP) is 3.26. The fourth-order valence-corrected chi connectivity index (χ4v) is 5.95. The van der Waals surface area contributed by atoms with Crippen molar-refractivity contribution in [2.45, 2.75) is 33.2 Å². The molecule has 0 saturated carbocycles. The largest absolute Gasteiger partial charge is 0.481 e. The second-order valence-electron chi connectivity index (χ2n) is 8.47. The Bertz CT molecular complexity index is 928. The standard InChI is InChI=1S/C22H27N3O3S/c1-15-5-3-4-6-19(15)21-23-9-18(29-21)12-24-10-17-11-25(16(2)26)14-22(17,13-24)8-7-20(27)28/h3-6,9,17H,7-8,10-14H2,1-2H3,(H,27,28)/t17-,22+/m0/s1. The number of carboxylic acid groups (broad SMARTS) is 1. The quantitative estimate of drug-likeness (QED) is 0.787. The molecule has 2 aliphatic heterocycles. The molecule has 1 aromatic carbocycles. The van der Waals surface area contributed by atoms with Crippen LogP contribution in [-0.4, -0.2) is 57.9 Å². The van der Waals surface area contributed by atoms with E-state index in [4.69, 9.17) is 0 Å². The average Bonchev–Trinajstić information content (AvgIpc) is 3.33. The van der Waals surface area contributed by atoms with Gasteiger partial charge in [-0.05, 0) is 24.8 Å². The number of amides is 1. The molecule has 0 spiro atoms. The van der Waals surface area contributed by atoms with Crippen LogP contribution < -0.4 is 0 Å². The molecule has 0 radical (unpaired) electrons. The van der Waals surface area contributed by atoms with E-state index in [1.807, 2.05) is 23.2 Å². The number of carbonyl (C=O) groups is 2. The van der Waals surface area contributed by atoms with E-state index >= 15 is 0 Å². The minimum atomic E-state index is -0.761. The topological polar surface area (TPSA) is 73.7 Å². The molecule has 1 aromatic heterocycles. The zero-order chi connectivity index (χ0) is 20.6. The molecule has 2 atom stereocenters. The van der Waals surface area contributed by atoms with Gasteiger partial charge in [0.1, 0.15) is 5.01 Å². The Morgan fingerprint density at radius 1 is 1.28 bits per heavy atom. The maximum Gasteiger partial charge on any atom is 0.303 e. The first kappa shape index (κ1) is 20.0. The summed E-state index contributed by atoms with van der Waals surface area (Å²) in [7, 11) is 0. The molecule has 0 aliphatic carbocycles. The molecule has 3 heterocycles. The number of aromatic nitrogens is 1. The molecule has 2 aliphatic rings. The summed E-state index contributed by atoms with van der Waals surface area (Å²) in [4.78, 5) is 33.2. The molecule has 7 heteroatoms. The Labute approximate surface area is 175 Å². The lowest BCUT2D eigenvalue weighted by atomic mass is 9.77. The molecular formula is C22H27N3O3S. The minimum absolute atomic E-state index is 0.0889. The number of likely N-dealkylation sites (tertiary alicyclic amines) is 2. The zero-order valence-electron chi connectivity index (χ0n) is 16.9. The van der Waals surface area contributed by atoms with E-state index in [0.29, 0.717) is 18.9 Å². The monoisotopic (exact) mass is 413 g/mol. The van der Waals surface area contributed by atoms with Crippen LogP contribution in [0.1, 0.15) is 30.2 Å². The molecule has 1 N–H and O–H groups in total. The highest BCUT2D eigenvalue weighted by molar-refractivity contribution is 7.15. The van der Waals surface area contributed by atoms with Crippen molar-refractivity contribution in [3.05, 3.63) is 40.9 Å². The lowest BCUT2D eigenvalue weighted by Crippen LogP contribution is -2.36. The van der Waals surface area contributed by atoms with Crippen molar-refractivity contribution in [1.82, 2.24) is 14.8 Å². The fraction of sp³-hybridized carbons (Fsp3) is 0.500. The number of aliphatic carboxylic acids is 1. The van der Waals surface area contributed by atoms with E-state index in [0.717, 1.165) is 31.2 Å². The molecule has 2 fully saturated rings. The number of benzene rings is 1. The van der Waals surface area contributed by atoms with Crippen LogP contribution in [-0.2, 0) is 16.1 Å². The molecule has 29 heavy (non-hydrogen) atoms. The van der Waals surface area contributed by atoms with Crippen molar-refractivity contribution < 1.29 is 14.7 Å². The zero-order valence-corrected chi connectivity index (χ0v) is 17.7. The third-order valence-corrected chi connectivity index (χ3v) is 7.44. The predicted molar refractivity (Wildman–Crippen MR) is 113 cm³/mol. The van der Waals surface area contributed by atoms with Crippen LogP contribution in [0.4, 0.5) is 0 Å². The Morgan fingerprint density at radius 3 is 2.79 bits per heavy atom. The third-order valence-electron chi connectivity index (χ3n) is 6.42. The van der Waals surface area contributed by atoms with Crippen LogP contribution in [0.5, 0.6) is 0 Å². The van der Waals surface area contributed by atoms with E-state index in [-0.39, 0.29) is 17.7 Å². The first-order chi connectivity index (χ1) is 13.9. The van der Waals surface area contributed by atoms with Crippen LogP contribution in [0.3, 0.4) is 0 Å². The lowest BCUT2D eigenvalue weighted by Gasteiger charge is -2.28. The van der Waals surface area contributed by atoms with Gasteiger partial charge in [0.05, 0.1) is 0 Å². The van der Waals surface area contributed by atoms with Crippen molar-refractivity contribution in [2.24, 2.45) is 11.3 Å². The number of nitrogens with zero attached hydrogens (tertiary/aromatic N) is 3. The molecule has 2 saturated heterocycles. The summed E-state index contributed by atoms with van der Waals surface area (Å²) in [5.41, 5.74) is 2.30. The number of thiazole rings is 1. The number of fused-ring (bicyclic) bond motifs is 1. The van der Waals surface area contributed by atoms with Gasteiger partial charge in [-0.15, -0.1) is 11.3 Å². The van der Waals surface area contributed by atoms with Crippen molar-refractivity contribution in [3.63, 3.8) is 0 Å². The summed E-state index contributed by atoms with van der Waals surface area (Å²) >= 11 is 1.73. The molecule has 0 bridgehead atoms. The van der Waals surface area contributed by atoms with Gasteiger partial charge < -0.3 is 10.0 Å². The fourth-order valence-electron chi connectivity index (χ4n) is 4.90. The van der Waals surface area contributed by atoms with E-state index in [1.54, 1.807) is 18.3 Å². The second-order valence-corrected chi connectivity index (χ2v) is 9.58. The van der Waals surface area contributed by atoms with Crippen molar-refractivity contribution in [3.8, 4) is 10.6 Å². The summed E-state index contributed by atoms with van der Waals surface area (Å²) in [5.74, 6) is -0.330. The van der Waals surface area contributed by atoms with E-state index < -0.39 is 5.97 Å². The molecule has 2 aromatic rings. The van der Waals surface area contributed by atoms with Crippen LogP contribution in [0.25, 0.3) is 10.6 Å². The van der Waals surface area contributed by atoms with Crippen LogP contribution >= 0.6 is 11.3 Å². The summed E-state index contributed by atoms with van der Waals surface area (Å²) in [6.07, 6.45) is 2.75. The molecule has 4 rings (SSSR count). The van der Waals surface area contributed by atoms with Gasteiger partial charge >= 0.3 is 5.97 Å². The smallest absolute Gasteiger partial charge is 0.303 e. The van der Waals surface area contributed by atoms with Gasteiger partial charge in [0.2, 0.25) is 5.91 Å². The Kier molecular flexibility index (Phi) is 5.44. The minimum Gasteiger partial charge on any atom is -0.481 e. The molecule has 1 amide bonds. The molecule has 6 nitrogen and oxygen atoms in total.